The lowest BCUT2D eigenvalue weighted by Gasteiger charge is -2.10. The van der Waals surface area contributed by atoms with Crippen LogP contribution in [0.15, 0.2) is 27.8 Å². The molecule has 0 aromatic heterocycles. The van der Waals surface area contributed by atoms with E-state index in [1.54, 1.807) is 18.2 Å². The second-order valence-corrected chi connectivity index (χ2v) is 4.85. The molecule has 20 heavy (non-hydrogen) atoms. The summed E-state index contributed by atoms with van der Waals surface area (Å²) in [6.45, 7) is 0. The second kappa shape index (κ2) is 5.71. The van der Waals surface area contributed by atoms with Gasteiger partial charge in [-0.25, -0.2) is 4.79 Å². The van der Waals surface area contributed by atoms with Crippen LogP contribution in [0.25, 0.3) is 0 Å². The second-order valence-electron chi connectivity index (χ2n) is 3.93. The molecule has 1 aromatic rings. The Morgan fingerprint density at radius 1 is 1.55 bits per heavy atom. The van der Waals surface area contributed by atoms with Crippen molar-refractivity contribution in [2.24, 2.45) is 5.16 Å². The standard InChI is InChI=1S/C12H8BrN3O4/c13-7-1-2-8(6(3-7)5-14)15-11(17)10-4-9(12(18)19)16-20-10/h1-3,10H,4H2,(H,15,17)(H,18,19). The van der Waals surface area contributed by atoms with Crippen molar-refractivity contribution in [1.82, 2.24) is 0 Å². The van der Waals surface area contributed by atoms with Gasteiger partial charge in [-0.3, -0.25) is 4.79 Å². The van der Waals surface area contributed by atoms with Crippen LogP contribution in [0, 0.1) is 11.3 Å². The van der Waals surface area contributed by atoms with Crippen LogP contribution in [-0.2, 0) is 14.4 Å². The van der Waals surface area contributed by atoms with Crippen molar-refractivity contribution in [2.45, 2.75) is 12.5 Å². The molecule has 0 saturated heterocycles. The summed E-state index contributed by atoms with van der Waals surface area (Å²) in [6, 6.07) is 6.75. The number of rotatable bonds is 3. The lowest BCUT2D eigenvalue weighted by atomic mass is 10.1. The number of hydrogen-bond donors (Lipinski definition) is 2. The topological polar surface area (TPSA) is 112 Å². The van der Waals surface area contributed by atoms with Crippen molar-refractivity contribution in [1.29, 1.82) is 5.26 Å². The van der Waals surface area contributed by atoms with Gasteiger partial charge < -0.3 is 15.3 Å². The van der Waals surface area contributed by atoms with Gasteiger partial charge in [-0.1, -0.05) is 21.1 Å². The van der Waals surface area contributed by atoms with Crippen molar-refractivity contribution < 1.29 is 19.5 Å². The molecule has 0 saturated carbocycles. The maximum atomic E-state index is 11.9. The van der Waals surface area contributed by atoms with Gasteiger partial charge in [-0.2, -0.15) is 5.26 Å². The Morgan fingerprint density at radius 2 is 2.30 bits per heavy atom. The molecule has 0 aliphatic carbocycles. The molecule has 0 fully saturated rings. The van der Waals surface area contributed by atoms with Crippen LogP contribution in [0.4, 0.5) is 5.69 Å². The number of halogens is 1. The van der Waals surface area contributed by atoms with Crippen molar-refractivity contribution in [3.63, 3.8) is 0 Å². The third-order valence-electron chi connectivity index (χ3n) is 2.57. The van der Waals surface area contributed by atoms with E-state index in [-0.39, 0.29) is 17.7 Å². The molecule has 0 bridgehead atoms. The monoisotopic (exact) mass is 337 g/mol. The number of carboxylic acid groups (broad SMARTS) is 1. The first-order valence-corrected chi connectivity index (χ1v) is 6.27. The minimum atomic E-state index is -1.22. The lowest BCUT2D eigenvalue weighted by molar-refractivity contribution is -0.129. The number of amides is 1. The number of aliphatic carboxylic acids is 1. The molecule has 0 spiro atoms. The third-order valence-corrected chi connectivity index (χ3v) is 3.06. The molecule has 0 radical (unpaired) electrons. The Bertz CT molecular complexity index is 651. The molecule has 1 amide bonds. The molecular weight excluding hydrogens is 330 g/mol. The first-order valence-electron chi connectivity index (χ1n) is 5.47. The van der Waals surface area contributed by atoms with Crippen molar-refractivity contribution in [3.05, 3.63) is 28.2 Å². The Balaban J connectivity index is 2.07. The van der Waals surface area contributed by atoms with Gasteiger partial charge in [0, 0.05) is 10.9 Å². The fourth-order valence-corrected chi connectivity index (χ4v) is 1.94. The Morgan fingerprint density at radius 3 is 2.90 bits per heavy atom. The van der Waals surface area contributed by atoms with Crippen molar-refractivity contribution in [3.8, 4) is 6.07 Å². The average Bonchev–Trinajstić information content (AvgIpc) is 2.90. The van der Waals surface area contributed by atoms with E-state index in [0.717, 1.165) is 0 Å². The van der Waals surface area contributed by atoms with E-state index in [4.69, 9.17) is 15.2 Å². The molecule has 102 valence electrons. The Labute approximate surface area is 122 Å². The van der Waals surface area contributed by atoms with E-state index in [0.29, 0.717) is 10.2 Å². The predicted octanol–water partition coefficient (Wildman–Crippen LogP) is 1.49. The molecule has 1 heterocycles. The summed E-state index contributed by atoms with van der Waals surface area (Å²) in [4.78, 5) is 27.3. The largest absolute Gasteiger partial charge is 0.477 e. The molecule has 2 N–H and O–H groups in total. The third kappa shape index (κ3) is 2.95. The summed E-state index contributed by atoms with van der Waals surface area (Å²) in [5.74, 6) is -1.77. The average molecular weight is 338 g/mol. The lowest BCUT2D eigenvalue weighted by Crippen LogP contribution is -2.29. The zero-order chi connectivity index (χ0) is 14.7. The van der Waals surface area contributed by atoms with Gasteiger partial charge >= 0.3 is 5.97 Å². The number of nitrogens with zero attached hydrogens (tertiary/aromatic N) is 2. The number of carboxylic acids is 1. The Hall–Kier alpha value is -2.40. The maximum Gasteiger partial charge on any atom is 0.353 e. The molecule has 7 nitrogen and oxygen atoms in total. The van der Waals surface area contributed by atoms with Gasteiger partial charge in [0.05, 0.1) is 11.3 Å². The van der Waals surface area contributed by atoms with Crippen molar-refractivity contribution in [2.75, 3.05) is 5.32 Å². The SMILES string of the molecule is N#Cc1cc(Br)ccc1NC(=O)C1CC(C(=O)O)=NO1. The number of carbonyl (C=O) groups is 2. The number of benzene rings is 1. The van der Waals surface area contributed by atoms with E-state index in [9.17, 15) is 9.59 Å². The van der Waals surface area contributed by atoms with Crippen LogP contribution in [0.2, 0.25) is 0 Å². The summed E-state index contributed by atoms with van der Waals surface area (Å²) < 4.78 is 0.709. The summed E-state index contributed by atoms with van der Waals surface area (Å²) in [6.07, 6.45) is -1.11. The molecule has 1 aliphatic heterocycles. The summed E-state index contributed by atoms with van der Waals surface area (Å²) in [5.41, 5.74) is 0.402. The zero-order valence-corrected chi connectivity index (χ0v) is 11.5. The highest BCUT2D eigenvalue weighted by Gasteiger charge is 2.31. The van der Waals surface area contributed by atoms with E-state index in [2.05, 4.69) is 26.4 Å². The van der Waals surface area contributed by atoms with Gasteiger partial charge in [-0.15, -0.1) is 0 Å². The number of oxime groups is 1. The molecule has 2 rings (SSSR count). The fraction of sp³-hybridized carbons (Fsp3) is 0.167. The molecule has 1 aromatic carbocycles. The van der Waals surface area contributed by atoms with Gasteiger partial charge in [0.2, 0.25) is 6.10 Å². The normalized spacial score (nSPS) is 16.8. The van der Waals surface area contributed by atoms with Crippen LogP contribution in [-0.4, -0.2) is 28.8 Å². The minimum Gasteiger partial charge on any atom is -0.477 e. The summed E-state index contributed by atoms with van der Waals surface area (Å²) >= 11 is 3.22. The summed E-state index contributed by atoms with van der Waals surface area (Å²) in [5, 5.41) is 23.5. The Kier molecular flexibility index (Phi) is 4.00. The number of anilines is 1. The van der Waals surface area contributed by atoms with Crippen LogP contribution in [0.1, 0.15) is 12.0 Å². The number of nitriles is 1. The van der Waals surface area contributed by atoms with Gasteiger partial charge in [0.1, 0.15) is 6.07 Å². The molecule has 1 atom stereocenters. The highest BCUT2D eigenvalue weighted by Crippen LogP contribution is 2.21. The smallest absolute Gasteiger partial charge is 0.353 e. The first kappa shape index (κ1) is 14.0. The van der Waals surface area contributed by atoms with Crippen LogP contribution in [0.3, 0.4) is 0 Å². The number of hydrogen-bond acceptors (Lipinski definition) is 5. The van der Waals surface area contributed by atoms with Gasteiger partial charge in [-0.05, 0) is 18.2 Å². The molecule has 1 unspecified atom stereocenters. The van der Waals surface area contributed by atoms with Gasteiger partial charge in [0.15, 0.2) is 5.71 Å². The molecule has 1 aliphatic rings. The number of carbonyl (C=O) groups excluding carboxylic acids is 1. The van der Waals surface area contributed by atoms with Crippen LogP contribution in [0.5, 0.6) is 0 Å². The quantitative estimate of drug-likeness (QED) is 0.867. The van der Waals surface area contributed by atoms with Crippen LogP contribution < -0.4 is 5.32 Å². The maximum absolute atomic E-state index is 11.9. The van der Waals surface area contributed by atoms with Crippen molar-refractivity contribution >= 4 is 39.2 Å². The molecule has 8 heteroatoms. The fourth-order valence-electron chi connectivity index (χ4n) is 1.58. The highest BCUT2D eigenvalue weighted by molar-refractivity contribution is 9.10. The minimum absolute atomic E-state index is 0.112. The highest BCUT2D eigenvalue weighted by atomic mass is 79.9. The predicted molar refractivity (Wildman–Crippen MR) is 72.0 cm³/mol. The van der Waals surface area contributed by atoms with E-state index in [1.807, 2.05) is 6.07 Å². The van der Waals surface area contributed by atoms with E-state index >= 15 is 0 Å². The zero-order valence-electron chi connectivity index (χ0n) is 9.96. The van der Waals surface area contributed by atoms with Gasteiger partial charge in [0.25, 0.3) is 5.91 Å². The van der Waals surface area contributed by atoms with E-state index in [1.165, 1.54) is 0 Å². The molecular formula is C12H8BrN3O4. The first-order chi connectivity index (χ1) is 9.51. The van der Waals surface area contributed by atoms with Crippen LogP contribution >= 0.6 is 15.9 Å². The summed E-state index contributed by atoms with van der Waals surface area (Å²) in [7, 11) is 0. The van der Waals surface area contributed by atoms with E-state index < -0.39 is 18.0 Å². The number of nitrogens with one attached hydrogen (secondary N) is 1.